The van der Waals surface area contributed by atoms with E-state index in [2.05, 4.69) is 15.3 Å². The molecule has 19 heavy (non-hydrogen) atoms. The van der Waals surface area contributed by atoms with Crippen LogP contribution in [0.15, 0.2) is 18.3 Å². The van der Waals surface area contributed by atoms with Crippen LogP contribution in [0.3, 0.4) is 0 Å². The maximum absolute atomic E-state index is 11.9. The molecular formula is C12H11N3O3S. The predicted octanol–water partition coefficient (Wildman–Crippen LogP) is 2.11. The number of aromatic nitrogens is 2. The van der Waals surface area contributed by atoms with Gasteiger partial charge >= 0.3 is 5.97 Å². The van der Waals surface area contributed by atoms with Gasteiger partial charge in [-0.1, -0.05) is 0 Å². The van der Waals surface area contributed by atoms with Gasteiger partial charge in [0.1, 0.15) is 5.69 Å². The number of nitrogens with zero attached hydrogens (tertiary/aromatic N) is 2. The highest BCUT2D eigenvalue weighted by atomic mass is 32.1. The maximum atomic E-state index is 11.9. The molecule has 98 valence electrons. The molecule has 0 aliphatic carbocycles. The number of carboxylic acid groups (broad SMARTS) is 1. The van der Waals surface area contributed by atoms with Crippen LogP contribution in [0.4, 0.5) is 5.13 Å². The number of aryl methyl sites for hydroxylation is 2. The molecule has 2 rings (SSSR count). The molecule has 0 saturated heterocycles. The molecule has 0 radical (unpaired) electrons. The molecule has 0 atom stereocenters. The van der Waals surface area contributed by atoms with Crippen LogP contribution < -0.4 is 5.32 Å². The van der Waals surface area contributed by atoms with Gasteiger partial charge in [0, 0.05) is 16.6 Å². The fraction of sp³-hybridized carbons (Fsp3) is 0.167. The standard InChI is InChI=1S/C12H11N3O3S/c1-6-7(2)19-12(14-6)15-10(16)8-3-4-13-9(5-8)11(17)18/h3-5H,1-2H3,(H,17,18)(H,14,15,16). The molecule has 6 nitrogen and oxygen atoms in total. The summed E-state index contributed by atoms with van der Waals surface area (Å²) in [6.07, 6.45) is 1.29. The molecule has 2 N–H and O–H groups in total. The fourth-order valence-corrected chi connectivity index (χ4v) is 2.19. The average molecular weight is 277 g/mol. The van der Waals surface area contributed by atoms with Crippen LogP contribution >= 0.6 is 11.3 Å². The molecule has 7 heteroatoms. The Morgan fingerprint density at radius 1 is 1.37 bits per heavy atom. The van der Waals surface area contributed by atoms with Crippen LogP contribution in [0.25, 0.3) is 0 Å². The second-order valence-corrected chi connectivity index (χ2v) is 5.05. The number of hydrogen-bond acceptors (Lipinski definition) is 5. The average Bonchev–Trinajstić information content (AvgIpc) is 2.68. The van der Waals surface area contributed by atoms with Gasteiger partial charge in [-0.15, -0.1) is 11.3 Å². The van der Waals surface area contributed by atoms with Crippen molar-refractivity contribution in [3.8, 4) is 0 Å². The van der Waals surface area contributed by atoms with Crippen molar-refractivity contribution in [3.05, 3.63) is 40.2 Å². The summed E-state index contributed by atoms with van der Waals surface area (Å²) in [4.78, 5) is 31.6. The van der Waals surface area contributed by atoms with Gasteiger partial charge in [-0.2, -0.15) is 0 Å². The van der Waals surface area contributed by atoms with Gasteiger partial charge in [-0.25, -0.2) is 14.8 Å². The zero-order chi connectivity index (χ0) is 14.0. The molecule has 0 spiro atoms. The molecule has 0 saturated carbocycles. The number of thiazole rings is 1. The first-order valence-corrected chi connectivity index (χ1v) is 6.23. The molecule has 2 aromatic heterocycles. The largest absolute Gasteiger partial charge is 0.477 e. The van der Waals surface area contributed by atoms with Gasteiger partial charge in [-0.05, 0) is 26.0 Å². The van der Waals surface area contributed by atoms with E-state index in [1.807, 2.05) is 13.8 Å². The highest BCUT2D eigenvalue weighted by Gasteiger charge is 2.12. The third kappa shape index (κ3) is 2.94. The van der Waals surface area contributed by atoms with E-state index in [4.69, 9.17) is 5.11 Å². The lowest BCUT2D eigenvalue weighted by atomic mass is 10.2. The number of pyridine rings is 1. The number of nitrogens with one attached hydrogen (secondary N) is 1. The minimum Gasteiger partial charge on any atom is -0.477 e. The molecule has 0 bridgehead atoms. The van der Waals surface area contributed by atoms with E-state index in [0.29, 0.717) is 5.13 Å². The number of aromatic carboxylic acids is 1. The summed E-state index contributed by atoms with van der Waals surface area (Å²) in [6, 6.07) is 2.68. The highest BCUT2D eigenvalue weighted by Crippen LogP contribution is 2.21. The smallest absolute Gasteiger partial charge is 0.354 e. The second-order valence-electron chi connectivity index (χ2n) is 3.85. The number of hydrogen-bond donors (Lipinski definition) is 2. The van der Waals surface area contributed by atoms with Gasteiger partial charge in [0.2, 0.25) is 0 Å². The Labute approximate surface area is 113 Å². The molecule has 2 heterocycles. The van der Waals surface area contributed by atoms with E-state index in [0.717, 1.165) is 10.6 Å². The molecule has 0 aliphatic rings. The Bertz CT molecular complexity index is 632. The summed E-state index contributed by atoms with van der Waals surface area (Å²) in [7, 11) is 0. The number of carboxylic acids is 1. The fourth-order valence-electron chi connectivity index (χ4n) is 1.38. The minimum absolute atomic E-state index is 0.167. The van der Waals surface area contributed by atoms with Gasteiger partial charge in [0.05, 0.1) is 5.69 Å². The first-order valence-electron chi connectivity index (χ1n) is 5.42. The number of carbonyl (C=O) groups excluding carboxylic acids is 1. The zero-order valence-electron chi connectivity index (χ0n) is 10.3. The molecular weight excluding hydrogens is 266 g/mol. The first-order chi connectivity index (χ1) is 8.97. The van der Waals surface area contributed by atoms with E-state index in [-0.39, 0.29) is 11.3 Å². The van der Waals surface area contributed by atoms with Crippen LogP contribution in [-0.4, -0.2) is 27.0 Å². The van der Waals surface area contributed by atoms with Gasteiger partial charge < -0.3 is 5.11 Å². The van der Waals surface area contributed by atoms with E-state index < -0.39 is 11.9 Å². The van der Waals surface area contributed by atoms with Crippen molar-refractivity contribution in [2.45, 2.75) is 13.8 Å². The van der Waals surface area contributed by atoms with Crippen molar-refractivity contribution in [1.29, 1.82) is 0 Å². The zero-order valence-corrected chi connectivity index (χ0v) is 11.1. The van der Waals surface area contributed by atoms with Crippen molar-refractivity contribution in [2.24, 2.45) is 0 Å². The van der Waals surface area contributed by atoms with Crippen LogP contribution in [0, 0.1) is 13.8 Å². The van der Waals surface area contributed by atoms with E-state index in [9.17, 15) is 9.59 Å². The molecule has 0 aromatic carbocycles. The summed E-state index contributed by atoms with van der Waals surface area (Å²) in [5.41, 5.74) is 0.929. The second kappa shape index (κ2) is 5.15. The maximum Gasteiger partial charge on any atom is 0.354 e. The van der Waals surface area contributed by atoms with Crippen LogP contribution in [0.2, 0.25) is 0 Å². The normalized spacial score (nSPS) is 10.2. The lowest BCUT2D eigenvalue weighted by Gasteiger charge is -2.02. The molecule has 1 amide bonds. The van der Waals surface area contributed by atoms with Crippen molar-refractivity contribution in [2.75, 3.05) is 5.32 Å². The third-order valence-corrected chi connectivity index (χ3v) is 3.48. The quantitative estimate of drug-likeness (QED) is 0.896. The van der Waals surface area contributed by atoms with Gasteiger partial charge in [0.15, 0.2) is 5.13 Å². The van der Waals surface area contributed by atoms with E-state index >= 15 is 0 Å². The molecule has 0 unspecified atom stereocenters. The summed E-state index contributed by atoms with van der Waals surface area (Å²) in [5.74, 6) is -1.57. The van der Waals surface area contributed by atoms with E-state index in [1.54, 1.807) is 0 Å². The molecule has 0 aliphatic heterocycles. The van der Waals surface area contributed by atoms with Crippen molar-refractivity contribution in [3.63, 3.8) is 0 Å². The van der Waals surface area contributed by atoms with Gasteiger partial charge in [0.25, 0.3) is 5.91 Å². The Balaban J connectivity index is 2.20. The lowest BCUT2D eigenvalue weighted by molar-refractivity contribution is 0.0690. The summed E-state index contributed by atoms with van der Waals surface area (Å²) in [5, 5.41) is 11.9. The van der Waals surface area contributed by atoms with Crippen molar-refractivity contribution < 1.29 is 14.7 Å². The predicted molar refractivity (Wildman–Crippen MR) is 70.7 cm³/mol. The Kier molecular flexibility index (Phi) is 3.57. The monoisotopic (exact) mass is 277 g/mol. The highest BCUT2D eigenvalue weighted by molar-refractivity contribution is 7.15. The number of anilines is 1. The Hall–Kier alpha value is -2.28. The number of amides is 1. The Morgan fingerprint density at radius 2 is 2.11 bits per heavy atom. The first kappa shape index (κ1) is 13.2. The third-order valence-electron chi connectivity index (χ3n) is 2.49. The number of carbonyl (C=O) groups is 2. The van der Waals surface area contributed by atoms with Crippen LogP contribution in [-0.2, 0) is 0 Å². The molecule has 2 aromatic rings. The topological polar surface area (TPSA) is 92.2 Å². The minimum atomic E-state index is -1.17. The van der Waals surface area contributed by atoms with E-state index in [1.165, 1.54) is 29.7 Å². The van der Waals surface area contributed by atoms with Crippen molar-refractivity contribution in [1.82, 2.24) is 9.97 Å². The number of rotatable bonds is 3. The summed E-state index contributed by atoms with van der Waals surface area (Å²) < 4.78 is 0. The van der Waals surface area contributed by atoms with Crippen molar-refractivity contribution >= 4 is 28.3 Å². The lowest BCUT2D eigenvalue weighted by Crippen LogP contribution is -2.13. The summed E-state index contributed by atoms with van der Waals surface area (Å²) in [6.45, 7) is 3.77. The SMILES string of the molecule is Cc1nc(NC(=O)c2ccnc(C(=O)O)c2)sc1C. The van der Waals surface area contributed by atoms with Gasteiger partial charge in [-0.3, -0.25) is 10.1 Å². The van der Waals surface area contributed by atoms with Crippen LogP contribution in [0.5, 0.6) is 0 Å². The Morgan fingerprint density at radius 3 is 2.68 bits per heavy atom. The molecule has 0 fully saturated rings. The van der Waals surface area contributed by atoms with Crippen LogP contribution in [0.1, 0.15) is 31.4 Å². The summed E-state index contributed by atoms with van der Waals surface area (Å²) >= 11 is 1.37.